The number of amides is 1. The molecule has 0 radical (unpaired) electrons. The second kappa shape index (κ2) is 5.18. The number of hydrogen-bond acceptors (Lipinski definition) is 4. The van der Waals surface area contributed by atoms with Crippen molar-refractivity contribution in [1.29, 1.82) is 0 Å². The van der Waals surface area contributed by atoms with Crippen LogP contribution in [0.25, 0.3) is 11.0 Å². The molecule has 4 atom stereocenters. The summed E-state index contributed by atoms with van der Waals surface area (Å²) in [5, 5.41) is 7.25. The van der Waals surface area contributed by atoms with E-state index in [1.165, 1.54) is 0 Å². The molecule has 6 nitrogen and oxygen atoms in total. The summed E-state index contributed by atoms with van der Waals surface area (Å²) in [6.07, 6.45) is 0.729. The van der Waals surface area contributed by atoms with Gasteiger partial charge in [0, 0.05) is 24.0 Å². The number of aromatic amines is 1. The summed E-state index contributed by atoms with van der Waals surface area (Å²) in [7, 11) is 0. The predicted octanol–water partition coefficient (Wildman–Crippen LogP) is 1.41. The van der Waals surface area contributed by atoms with E-state index in [-0.39, 0.29) is 11.8 Å². The summed E-state index contributed by atoms with van der Waals surface area (Å²) < 4.78 is 5.62. The van der Waals surface area contributed by atoms with Gasteiger partial charge in [-0.05, 0) is 43.1 Å². The highest BCUT2D eigenvalue weighted by atomic mass is 35.5. The molecule has 3 heterocycles. The molecule has 1 unspecified atom stereocenters. The predicted molar refractivity (Wildman–Crippen MR) is 89.7 cm³/mol. The molecule has 2 saturated heterocycles. The highest BCUT2D eigenvalue weighted by Crippen LogP contribution is 2.49. The van der Waals surface area contributed by atoms with E-state index in [1.807, 2.05) is 18.2 Å². The van der Waals surface area contributed by atoms with Crippen LogP contribution in [0.1, 0.15) is 12.2 Å². The number of H-pyrrole nitrogens is 1. The van der Waals surface area contributed by atoms with Gasteiger partial charge in [-0.3, -0.25) is 4.79 Å². The van der Waals surface area contributed by atoms with Gasteiger partial charge in [0.2, 0.25) is 5.91 Å². The number of fused-ring (bicyclic) bond motifs is 2. The summed E-state index contributed by atoms with van der Waals surface area (Å²) in [5.41, 5.74) is 1.17. The number of benzene rings is 1. The average molecular weight is 347 g/mol. The first-order chi connectivity index (χ1) is 11.7. The van der Waals surface area contributed by atoms with Crippen molar-refractivity contribution < 1.29 is 9.53 Å². The third kappa shape index (κ3) is 2.17. The second-order valence-corrected chi connectivity index (χ2v) is 7.57. The van der Waals surface area contributed by atoms with Crippen molar-refractivity contribution in [2.45, 2.75) is 12.0 Å². The normalized spacial score (nSPS) is 34.5. The standard InChI is InChI=1S/C17H19ClN4O2/c18-9-1-2-12-13(5-9)21-16(20-12)17(3-4-24-8-17)22-15(23)14-10-6-19-7-11(10)14/h1-2,5,10-11,14,19H,3-4,6-8H2,(H,20,21)(H,22,23)/t10-,11+,14+,17?. The number of piperidine rings is 1. The lowest BCUT2D eigenvalue weighted by molar-refractivity contribution is -0.125. The molecule has 1 aromatic heterocycles. The maximum absolute atomic E-state index is 12.8. The summed E-state index contributed by atoms with van der Waals surface area (Å²) in [5.74, 6) is 2.03. The Balaban J connectivity index is 1.45. The van der Waals surface area contributed by atoms with Gasteiger partial charge in [0.05, 0.1) is 17.6 Å². The number of imidazole rings is 1. The van der Waals surface area contributed by atoms with Gasteiger partial charge < -0.3 is 20.4 Å². The Kier molecular flexibility index (Phi) is 3.17. The fourth-order valence-electron chi connectivity index (χ4n) is 4.24. The molecule has 7 heteroatoms. The van der Waals surface area contributed by atoms with Crippen LogP contribution >= 0.6 is 11.6 Å². The number of hydrogen-bond donors (Lipinski definition) is 3. The number of rotatable bonds is 3. The first kappa shape index (κ1) is 14.7. The molecule has 3 aliphatic rings. The number of carbonyl (C=O) groups excluding carboxylic acids is 1. The van der Waals surface area contributed by atoms with E-state index in [0.29, 0.717) is 30.1 Å². The lowest BCUT2D eigenvalue weighted by atomic mass is 9.97. The molecule has 126 valence electrons. The number of aromatic nitrogens is 2. The van der Waals surface area contributed by atoms with Gasteiger partial charge >= 0.3 is 0 Å². The van der Waals surface area contributed by atoms with Crippen LogP contribution in [0.2, 0.25) is 5.02 Å². The Hall–Kier alpha value is -1.63. The number of ether oxygens (including phenoxy) is 1. The maximum Gasteiger partial charge on any atom is 0.224 e. The van der Waals surface area contributed by atoms with Gasteiger partial charge in [-0.2, -0.15) is 0 Å². The van der Waals surface area contributed by atoms with Crippen molar-refractivity contribution in [3.8, 4) is 0 Å². The van der Waals surface area contributed by atoms with Gasteiger partial charge in [-0.1, -0.05) is 11.6 Å². The first-order valence-corrected chi connectivity index (χ1v) is 8.80. The molecule has 0 spiro atoms. The van der Waals surface area contributed by atoms with Crippen molar-refractivity contribution in [2.24, 2.45) is 17.8 Å². The summed E-state index contributed by atoms with van der Waals surface area (Å²) in [4.78, 5) is 20.8. The number of halogens is 1. The van der Waals surface area contributed by atoms with Crippen LogP contribution < -0.4 is 10.6 Å². The molecule has 2 aliphatic heterocycles. The Morgan fingerprint density at radius 1 is 1.38 bits per heavy atom. The zero-order chi connectivity index (χ0) is 16.3. The number of nitrogens with one attached hydrogen (secondary N) is 3. The van der Waals surface area contributed by atoms with E-state index < -0.39 is 5.54 Å². The van der Waals surface area contributed by atoms with Crippen molar-refractivity contribution in [1.82, 2.24) is 20.6 Å². The molecule has 3 fully saturated rings. The van der Waals surface area contributed by atoms with Crippen molar-refractivity contribution in [3.63, 3.8) is 0 Å². The van der Waals surface area contributed by atoms with Crippen molar-refractivity contribution in [2.75, 3.05) is 26.3 Å². The molecule has 24 heavy (non-hydrogen) atoms. The van der Waals surface area contributed by atoms with E-state index in [9.17, 15) is 4.79 Å². The Morgan fingerprint density at radius 3 is 2.96 bits per heavy atom. The maximum atomic E-state index is 12.8. The molecule has 2 aromatic rings. The van der Waals surface area contributed by atoms with Crippen molar-refractivity contribution in [3.05, 3.63) is 29.0 Å². The highest BCUT2D eigenvalue weighted by Gasteiger charge is 2.58. The summed E-state index contributed by atoms with van der Waals surface area (Å²) >= 11 is 6.06. The van der Waals surface area contributed by atoms with Gasteiger partial charge in [0.1, 0.15) is 11.4 Å². The molecule has 1 amide bonds. The highest BCUT2D eigenvalue weighted by molar-refractivity contribution is 6.31. The fraction of sp³-hybridized carbons (Fsp3) is 0.529. The summed E-state index contributed by atoms with van der Waals surface area (Å²) in [6, 6.07) is 5.57. The van der Waals surface area contributed by atoms with Crippen LogP contribution in [0.4, 0.5) is 0 Å². The minimum atomic E-state index is -0.563. The topological polar surface area (TPSA) is 79.0 Å². The zero-order valence-electron chi connectivity index (χ0n) is 13.1. The molecule has 5 rings (SSSR count). The second-order valence-electron chi connectivity index (χ2n) is 7.13. The molecule has 1 aromatic carbocycles. The average Bonchev–Trinajstić information content (AvgIpc) is 3.04. The van der Waals surface area contributed by atoms with Crippen LogP contribution in [-0.4, -0.2) is 42.2 Å². The van der Waals surface area contributed by atoms with Gasteiger partial charge in [0.25, 0.3) is 0 Å². The lowest BCUT2D eigenvalue weighted by Gasteiger charge is -2.27. The molecular weight excluding hydrogens is 328 g/mol. The Morgan fingerprint density at radius 2 is 2.21 bits per heavy atom. The third-order valence-corrected chi connectivity index (χ3v) is 5.91. The number of nitrogens with zero attached hydrogens (tertiary/aromatic N) is 1. The molecule has 1 aliphatic carbocycles. The van der Waals surface area contributed by atoms with Crippen LogP contribution in [0.3, 0.4) is 0 Å². The third-order valence-electron chi connectivity index (χ3n) is 5.68. The van der Waals surface area contributed by atoms with Crippen LogP contribution in [0, 0.1) is 17.8 Å². The summed E-state index contributed by atoms with van der Waals surface area (Å²) in [6.45, 7) is 2.98. The van der Waals surface area contributed by atoms with Gasteiger partial charge in [0.15, 0.2) is 0 Å². The van der Waals surface area contributed by atoms with E-state index >= 15 is 0 Å². The molecular formula is C17H19ClN4O2. The van der Waals surface area contributed by atoms with Gasteiger partial charge in [-0.25, -0.2) is 4.98 Å². The molecule has 3 N–H and O–H groups in total. The van der Waals surface area contributed by atoms with E-state index in [1.54, 1.807) is 0 Å². The van der Waals surface area contributed by atoms with E-state index in [0.717, 1.165) is 36.4 Å². The fourth-order valence-corrected chi connectivity index (χ4v) is 4.42. The van der Waals surface area contributed by atoms with Crippen molar-refractivity contribution >= 4 is 28.5 Å². The SMILES string of the molecule is O=C(NC1(c2nc3ccc(Cl)cc3[nH]2)CCOC1)[C@H]1[C@@H]2CNC[C@@H]21. The zero-order valence-corrected chi connectivity index (χ0v) is 13.9. The Bertz CT molecular complexity index is 804. The Labute approximate surface area is 144 Å². The molecule has 1 saturated carbocycles. The quantitative estimate of drug-likeness (QED) is 0.785. The lowest BCUT2D eigenvalue weighted by Crippen LogP contribution is -2.48. The van der Waals surface area contributed by atoms with Crippen LogP contribution in [0.15, 0.2) is 18.2 Å². The van der Waals surface area contributed by atoms with E-state index in [4.69, 9.17) is 21.3 Å². The molecule has 0 bridgehead atoms. The largest absolute Gasteiger partial charge is 0.378 e. The number of carbonyl (C=O) groups is 1. The minimum Gasteiger partial charge on any atom is -0.378 e. The minimum absolute atomic E-state index is 0.135. The smallest absolute Gasteiger partial charge is 0.224 e. The van der Waals surface area contributed by atoms with E-state index in [2.05, 4.69) is 15.6 Å². The van der Waals surface area contributed by atoms with Crippen LogP contribution in [-0.2, 0) is 15.1 Å². The van der Waals surface area contributed by atoms with Crippen LogP contribution in [0.5, 0.6) is 0 Å². The first-order valence-electron chi connectivity index (χ1n) is 8.43. The monoisotopic (exact) mass is 346 g/mol. The van der Waals surface area contributed by atoms with Gasteiger partial charge in [-0.15, -0.1) is 0 Å².